The molecule has 2 N–H and O–H groups in total. The van der Waals surface area contributed by atoms with Gasteiger partial charge in [-0.05, 0) is 62.5 Å². The minimum absolute atomic E-state index is 0.287. The molecule has 1 fully saturated rings. The molecule has 18 heavy (non-hydrogen) atoms. The Kier molecular flexibility index (Phi) is 3.01. The van der Waals surface area contributed by atoms with Crippen molar-refractivity contribution >= 4 is 0 Å². The standard InChI is InChI=1S/C16H26N2/c1-3-7-16(8-9-16)11-18-12(2)10-13-14(17)5-4-6-15(13)18/h10,14H,3-9,11,17H2,1-2H3. The zero-order valence-corrected chi connectivity index (χ0v) is 11.8. The largest absolute Gasteiger partial charge is 0.348 e. The summed E-state index contributed by atoms with van der Waals surface area (Å²) in [6.07, 6.45) is 9.24. The van der Waals surface area contributed by atoms with Crippen molar-refractivity contribution in [2.75, 3.05) is 0 Å². The third-order valence-electron chi connectivity index (χ3n) is 5.01. The normalized spacial score (nSPS) is 24.9. The maximum absolute atomic E-state index is 6.25. The van der Waals surface area contributed by atoms with Gasteiger partial charge in [0, 0.05) is 24.0 Å². The third-order valence-corrected chi connectivity index (χ3v) is 5.01. The van der Waals surface area contributed by atoms with Crippen molar-refractivity contribution in [2.45, 2.75) is 71.4 Å². The number of nitrogens with zero attached hydrogens (tertiary/aromatic N) is 1. The Hall–Kier alpha value is -0.760. The van der Waals surface area contributed by atoms with Crippen molar-refractivity contribution in [2.24, 2.45) is 11.1 Å². The molecule has 1 saturated carbocycles. The maximum atomic E-state index is 6.25. The molecule has 2 aliphatic rings. The Morgan fingerprint density at radius 2 is 2.22 bits per heavy atom. The molecule has 0 amide bonds. The topological polar surface area (TPSA) is 30.9 Å². The van der Waals surface area contributed by atoms with Crippen LogP contribution in [0.1, 0.15) is 68.4 Å². The van der Waals surface area contributed by atoms with Gasteiger partial charge in [0.1, 0.15) is 0 Å². The second kappa shape index (κ2) is 4.41. The third kappa shape index (κ3) is 2.01. The highest BCUT2D eigenvalue weighted by Gasteiger charge is 2.42. The van der Waals surface area contributed by atoms with E-state index >= 15 is 0 Å². The molecular formula is C16H26N2. The van der Waals surface area contributed by atoms with Gasteiger partial charge in [0.05, 0.1) is 0 Å². The van der Waals surface area contributed by atoms with Crippen LogP contribution in [-0.2, 0) is 13.0 Å². The van der Waals surface area contributed by atoms with Gasteiger partial charge in [0.15, 0.2) is 0 Å². The molecule has 1 aromatic rings. The summed E-state index contributed by atoms with van der Waals surface area (Å²) in [5, 5.41) is 0. The van der Waals surface area contributed by atoms with E-state index < -0.39 is 0 Å². The fraction of sp³-hybridized carbons (Fsp3) is 0.750. The lowest BCUT2D eigenvalue weighted by molar-refractivity contribution is 0.375. The second-order valence-corrected chi connectivity index (χ2v) is 6.52. The van der Waals surface area contributed by atoms with E-state index in [4.69, 9.17) is 5.73 Å². The number of aromatic nitrogens is 1. The van der Waals surface area contributed by atoms with Crippen LogP contribution in [0.5, 0.6) is 0 Å². The molecule has 0 aliphatic heterocycles. The first-order chi connectivity index (χ1) is 8.65. The van der Waals surface area contributed by atoms with Gasteiger partial charge in [0.2, 0.25) is 0 Å². The SMILES string of the molecule is CCCC1(Cn2c(C)cc3c2CCCC3N)CC1. The number of hydrogen-bond donors (Lipinski definition) is 1. The Bertz CT molecular complexity index is 440. The van der Waals surface area contributed by atoms with Gasteiger partial charge in [-0.15, -0.1) is 0 Å². The van der Waals surface area contributed by atoms with Gasteiger partial charge in [-0.25, -0.2) is 0 Å². The van der Waals surface area contributed by atoms with E-state index in [1.54, 1.807) is 5.69 Å². The van der Waals surface area contributed by atoms with Gasteiger partial charge >= 0.3 is 0 Å². The first kappa shape index (κ1) is 12.3. The van der Waals surface area contributed by atoms with E-state index in [1.807, 2.05) is 0 Å². The number of nitrogens with two attached hydrogens (primary N) is 1. The number of aryl methyl sites for hydroxylation is 1. The molecular weight excluding hydrogens is 220 g/mol. The van der Waals surface area contributed by atoms with E-state index in [0.717, 1.165) is 6.42 Å². The summed E-state index contributed by atoms with van der Waals surface area (Å²) in [6, 6.07) is 2.64. The molecule has 2 aliphatic carbocycles. The number of hydrogen-bond acceptors (Lipinski definition) is 1. The zero-order chi connectivity index (χ0) is 12.8. The van der Waals surface area contributed by atoms with Crippen LogP contribution in [0.15, 0.2) is 6.07 Å². The van der Waals surface area contributed by atoms with Crippen LogP contribution in [0, 0.1) is 12.3 Å². The summed E-state index contributed by atoms with van der Waals surface area (Å²) in [6.45, 7) is 5.82. The fourth-order valence-electron chi connectivity index (χ4n) is 3.75. The molecule has 2 heteroatoms. The first-order valence-electron chi connectivity index (χ1n) is 7.60. The first-order valence-corrected chi connectivity index (χ1v) is 7.60. The molecule has 3 rings (SSSR count). The summed E-state index contributed by atoms with van der Waals surface area (Å²) in [7, 11) is 0. The average Bonchev–Trinajstić information content (AvgIpc) is 3.02. The van der Waals surface area contributed by atoms with Gasteiger partial charge in [-0.3, -0.25) is 0 Å². The molecule has 1 unspecified atom stereocenters. The van der Waals surface area contributed by atoms with Crippen molar-refractivity contribution in [3.63, 3.8) is 0 Å². The van der Waals surface area contributed by atoms with E-state index in [9.17, 15) is 0 Å². The molecule has 2 nitrogen and oxygen atoms in total. The minimum Gasteiger partial charge on any atom is -0.348 e. The van der Waals surface area contributed by atoms with E-state index in [2.05, 4.69) is 24.5 Å². The van der Waals surface area contributed by atoms with Crippen molar-refractivity contribution in [1.82, 2.24) is 4.57 Å². The van der Waals surface area contributed by atoms with Crippen LogP contribution in [0.3, 0.4) is 0 Å². The molecule has 0 bridgehead atoms. The Labute approximate surface area is 111 Å². The number of rotatable bonds is 4. The van der Waals surface area contributed by atoms with Crippen molar-refractivity contribution in [3.05, 3.63) is 23.0 Å². The lowest BCUT2D eigenvalue weighted by Gasteiger charge is -2.24. The predicted octanol–water partition coefficient (Wildman–Crippen LogP) is 3.71. The minimum atomic E-state index is 0.287. The molecule has 0 saturated heterocycles. The fourth-order valence-corrected chi connectivity index (χ4v) is 3.75. The molecule has 0 aromatic carbocycles. The Morgan fingerprint density at radius 3 is 2.89 bits per heavy atom. The highest BCUT2D eigenvalue weighted by atomic mass is 15.0. The zero-order valence-electron chi connectivity index (χ0n) is 11.8. The van der Waals surface area contributed by atoms with Crippen LogP contribution in [0.2, 0.25) is 0 Å². The number of fused-ring (bicyclic) bond motifs is 1. The molecule has 0 spiro atoms. The van der Waals surface area contributed by atoms with E-state index in [-0.39, 0.29) is 6.04 Å². The monoisotopic (exact) mass is 246 g/mol. The van der Waals surface area contributed by atoms with Gasteiger partial charge < -0.3 is 10.3 Å². The highest BCUT2D eigenvalue weighted by molar-refractivity contribution is 5.33. The van der Waals surface area contributed by atoms with Crippen molar-refractivity contribution < 1.29 is 0 Å². The molecule has 1 heterocycles. The maximum Gasteiger partial charge on any atom is 0.0313 e. The molecule has 0 radical (unpaired) electrons. The van der Waals surface area contributed by atoms with Crippen LogP contribution in [0.25, 0.3) is 0 Å². The van der Waals surface area contributed by atoms with E-state index in [0.29, 0.717) is 5.41 Å². The smallest absolute Gasteiger partial charge is 0.0313 e. The van der Waals surface area contributed by atoms with Crippen molar-refractivity contribution in [3.8, 4) is 0 Å². The molecule has 100 valence electrons. The summed E-state index contributed by atoms with van der Waals surface area (Å²) in [5.74, 6) is 0. The Balaban J connectivity index is 1.88. The lowest BCUT2D eigenvalue weighted by Crippen LogP contribution is -2.20. The predicted molar refractivity (Wildman–Crippen MR) is 75.6 cm³/mol. The quantitative estimate of drug-likeness (QED) is 0.862. The van der Waals surface area contributed by atoms with Crippen LogP contribution in [-0.4, -0.2) is 4.57 Å². The highest BCUT2D eigenvalue weighted by Crippen LogP contribution is 2.51. The summed E-state index contributed by atoms with van der Waals surface area (Å²) in [5.41, 5.74) is 11.3. The summed E-state index contributed by atoms with van der Waals surface area (Å²) in [4.78, 5) is 0. The van der Waals surface area contributed by atoms with Crippen LogP contribution in [0.4, 0.5) is 0 Å². The summed E-state index contributed by atoms with van der Waals surface area (Å²) < 4.78 is 2.59. The summed E-state index contributed by atoms with van der Waals surface area (Å²) >= 11 is 0. The Morgan fingerprint density at radius 1 is 1.44 bits per heavy atom. The molecule has 1 atom stereocenters. The van der Waals surface area contributed by atoms with Crippen molar-refractivity contribution in [1.29, 1.82) is 0 Å². The van der Waals surface area contributed by atoms with E-state index in [1.165, 1.54) is 56.3 Å². The second-order valence-electron chi connectivity index (χ2n) is 6.52. The van der Waals surface area contributed by atoms with Crippen LogP contribution >= 0.6 is 0 Å². The van der Waals surface area contributed by atoms with Gasteiger partial charge in [-0.2, -0.15) is 0 Å². The lowest BCUT2D eigenvalue weighted by atomic mass is 9.93. The van der Waals surface area contributed by atoms with Gasteiger partial charge in [0.25, 0.3) is 0 Å². The average molecular weight is 246 g/mol. The molecule has 1 aromatic heterocycles. The van der Waals surface area contributed by atoms with Gasteiger partial charge in [-0.1, -0.05) is 13.3 Å². The van der Waals surface area contributed by atoms with Crippen LogP contribution < -0.4 is 5.73 Å².